The summed E-state index contributed by atoms with van der Waals surface area (Å²) in [6.07, 6.45) is 0.935. The molecular weight excluding hydrogens is 484 g/mol. The topological polar surface area (TPSA) is 100 Å². The summed E-state index contributed by atoms with van der Waals surface area (Å²) in [5, 5.41) is 0. The number of nitrogens with two attached hydrogens (primary N) is 1. The Labute approximate surface area is 224 Å². The van der Waals surface area contributed by atoms with Crippen LogP contribution < -0.4 is 24.8 Å². The number of benzene rings is 2. The van der Waals surface area contributed by atoms with E-state index in [1.807, 2.05) is 36.1 Å². The number of hydrogen-bond acceptors (Lipinski definition) is 8. The number of methoxy groups -OCH3 is 3. The number of Topliss-reactive ketones (excluding diaryl/α,β-unsaturated/α-hetero) is 1. The van der Waals surface area contributed by atoms with Gasteiger partial charge < -0.3 is 24.7 Å². The first-order valence-electron chi connectivity index (χ1n) is 12.7. The van der Waals surface area contributed by atoms with Crippen LogP contribution in [0.3, 0.4) is 0 Å². The van der Waals surface area contributed by atoms with Crippen LogP contribution in [0.1, 0.15) is 50.7 Å². The van der Waals surface area contributed by atoms with E-state index in [9.17, 15) is 9.59 Å². The smallest absolute Gasteiger partial charge is 0.338 e. The standard InChI is InChI=1S/C30H36N2O6/c1-8-38-29(34)26-24(18-13-22(35-5)27(37-7)23(14-18)36-6)25-20(15-30(3,4)16-21(25)33)32(28(26)31)19-11-9-10-17(2)12-19/h9-14,24H,8,15-16,31H2,1-7H3/t24-/m1/s1. The summed E-state index contributed by atoms with van der Waals surface area (Å²) in [4.78, 5) is 29.4. The second kappa shape index (κ2) is 10.4. The number of rotatable bonds is 7. The quantitative estimate of drug-likeness (QED) is 0.509. The zero-order valence-electron chi connectivity index (χ0n) is 23.1. The van der Waals surface area contributed by atoms with E-state index in [4.69, 9.17) is 24.7 Å². The molecule has 0 saturated heterocycles. The first kappa shape index (κ1) is 27.1. The highest BCUT2D eigenvalue weighted by Crippen LogP contribution is 2.52. The van der Waals surface area contributed by atoms with E-state index in [2.05, 4.69) is 13.8 Å². The number of anilines is 1. The Kier molecular flexibility index (Phi) is 7.44. The van der Waals surface area contributed by atoms with Crippen molar-refractivity contribution in [3.63, 3.8) is 0 Å². The van der Waals surface area contributed by atoms with Gasteiger partial charge in [0.25, 0.3) is 0 Å². The van der Waals surface area contributed by atoms with E-state index < -0.39 is 11.9 Å². The monoisotopic (exact) mass is 520 g/mol. The predicted octanol–water partition coefficient (Wildman–Crippen LogP) is 5.00. The molecule has 202 valence electrons. The average Bonchev–Trinajstić information content (AvgIpc) is 2.86. The van der Waals surface area contributed by atoms with Gasteiger partial charge in [0.1, 0.15) is 5.82 Å². The van der Waals surface area contributed by atoms with Crippen molar-refractivity contribution in [2.24, 2.45) is 11.1 Å². The normalized spacial score (nSPS) is 18.8. The molecule has 2 aromatic rings. The van der Waals surface area contributed by atoms with Crippen molar-refractivity contribution in [3.05, 3.63) is 70.2 Å². The molecule has 8 nitrogen and oxygen atoms in total. The van der Waals surface area contributed by atoms with Crippen molar-refractivity contribution < 1.29 is 28.5 Å². The minimum Gasteiger partial charge on any atom is -0.493 e. The molecule has 0 unspecified atom stereocenters. The molecule has 38 heavy (non-hydrogen) atoms. The highest BCUT2D eigenvalue weighted by Gasteiger charge is 2.47. The van der Waals surface area contributed by atoms with Crippen molar-refractivity contribution >= 4 is 17.4 Å². The summed E-state index contributed by atoms with van der Waals surface area (Å²) in [5.41, 5.74) is 10.5. The minimum atomic E-state index is -0.776. The second-order valence-corrected chi connectivity index (χ2v) is 10.4. The van der Waals surface area contributed by atoms with Gasteiger partial charge in [-0.15, -0.1) is 0 Å². The lowest BCUT2D eigenvalue weighted by molar-refractivity contribution is -0.138. The Morgan fingerprint density at radius 1 is 1.05 bits per heavy atom. The Morgan fingerprint density at radius 3 is 2.26 bits per heavy atom. The highest BCUT2D eigenvalue weighted by atomic mass is 16.5. The van der Waals surface area contributed by atoms with Crippen LogP contribution in [-0.2, 0) is 14.3 Å². The summed E-state index contributed by atoms with van der Waals surface area (Å²) < 4.78 is 22.2. The second-order valence-electron chi connectivity index (χ2n) is 10.4. The third-order valence-corrected chi connectivity index (χ3v) is 7.04. The highest BCUT2D eigenvalue weighted by molar-refractivity contribution is 6.05. The van der Waals surface area contributed by atoms with E-state index in [-0.39, 0.29) is 29.2 Å². The zero-order chi connectivity index (χ0) is 27.8. The van der Waals surface area contributed by atoms with E-state index in [1.54, 1.807) is 19.1 Å². The first-order chi connectivity index (χ1) is 18.1. The van der Waals surface area contributed by atoms with Crippen LogP contribution >= 0.6 is 0 Å². The van der Waals surface area contributed by atoms with E-state index in [0.29, 0.717) is 41.2 Å². The average molecular weight is 521 g/mol. The molecular formula is C30H36N2O6. The summed E-state index contributed by atoms with van der Waals surface area (Å²) in [7, 11) is 4.57. The molecule has 0 amide bonds. The van der Waals surface area contributed by atoms with Gasteiger partial charge in [0.2, 0.25) is 5.75 Å². The number of esters is 1. The molecule has 0 spiro atoms. The van der Waals surface area contributed by atoms with Gasteiger partial charge >= 0.3 is 5.97 Å². The molecule has 0 aromatic heterocycles. The maximum Gasteiger partial charge on any atom is 0.338 e. The van der Waals surface area contributed by atoms with E-state index >= 15 is 0 Å². The van der Waals surface area contributed by atoms with Crippen molar-refractivity contribution in [2.45, 2.75) is 46.5 Å². The van der Waals surface area contributed by atoms with Crippen LogP contribution in [-0.4, -0.2) is 39.7 Å². The third kappa shape index (κ3) is 4.71. The van der Waals surface area contributed by atoms with Crippen molar-refractivity contribution in [1.82, 2.24) is 0 Å². The van der Waals surface area contributed by atoms with E-state index in [0.717, 1.165) is 16.9 Å². The summed E-state index contributed by atoms with van der Waals surface area (Å²) in [6.45, 7) is 8.03. The Balaban J connectivity index is 2.08. The molecule has 2 N–H and O–H groups in total. The maximum absolute atomic E-state index is 13.9. The molecule has 1 aliphatic carbocycles. The molecule has 0 fully saturated rings. The van der Waals surface area contributed by atoms with Crippen LogP contribution in [0, 0.1) is 12.3 Å². The third-order valence-electron chi connectivity index (χ3n) is 7.04. The van der Waals surface area contributed by atoms with Crippen LogP contribution in [0.2, 0.25) is 0 Å². The van der Waals surface area contributed by atoms with Gasteiger partial charge in [-0.3, -0.25) is 9.69 Å². The fourth-order valence-electron chi connectivity index (χ4n) is 5.48. The van der Waals surface area contributed by atoms with Gasteiger partial charge in [0.15, 0.2) is 17.3 Å². The molecule has 8 heteroatoms. The maximum atomic E-state index is 13.9. The SMILES string of the molecule is CCOC(=O)C1=C(N)N(c2cccc(C)c2)C2=C(C(=O)CC(C)(C)C2)[C@H]1c1cc(OC)c(OC)c(OC)c1. The Hall–Kier alpha value is -3.94. The van der Waals surface area contributed by atoms with Gasteiger partial charge in [-0.2, -0.15) is 0 Å². The number of aryl methyl sites for hydroxylation is 1. The molecule has 1 heterocycles. The van der Waals surface area contributed by atoms with E-state index in [1.165, 1.54) is 21.3 Å². The number of carbonyl (C=O) groups is 2. The van der Waals surface area contributed by atoms with Gasteiger partial charge in [-0.1, -0.05) is 26.0 Å². The minimum absolute atomic E-state index is 0.0399. The fourth-order valence-corrected chi connectivity index (χ4v) is 5.48. The van der Waals surface area contributed by atoms with Gasteiger partial charge in [0.05, 0.1) is 39.4 Å². The van der Waals surface area contributed by atoms with Crippen molar-refractivity contribution in [2.75, 3.05) is 32.8 Å². The van der Waals surface area contributed by atoms with Crippen LogP contribution in [0.15, 0.2) is 59.1 Å². The Bertz CT molecular complexity index is 1310. The fraction of sp³-hybridized carbons (Fsp3) is 0.400. The lowest BCUT2D eigenvalue weighted by atomic mass is 9.68. The van der Waals surface area contributed by atoms with Crippen molar-refractivity contribution in [3.8, 4) is 17.2 Å². The number of nitrogens with zero attached hydrogens (tertiary/aromatic N) is 1. The molecule has 2 aromatic carbocycles. The van der Waals surface area contributed by atoms with Gasteiger partial charge in [-0.25, -0.2) is 4.79 Å². The number of ketones is 1. The lowest BCUT2D eigenvalue weighted by Gasteiger charge is -2.44. The van der Waals surface area contributed by atoms with Crippen LogP contribution in [0.25, 0.3) is 0 Å². The molecule has 2 aliphatic rings. The molecule has 0 bridgehead atoms. The van der Waals surface area contributed by atoms with Gasteiger partial charge in [0, 0.05) is 23.4 Å². The number of allylic oxidation sites excluding steroid dienone is 2. The van der Waals surface area contributed by atoms with Crippen molar-refractivity contribution in [1.29, 1.82) is 0 Å². The van der Waals surface area contributed by atoms with Crippen LogP contribution in [0.5, 0.6) is 17.2 Å². The summed E-state index contributed by atoms with van der Waals surface area (Å²) >= 11 is 0. The predicted molar refractivity (Wildman–Crippen MR) is 145 cm³/mol. The zero-order valence-corrected chi connectivity index (χ0v) is 23.1. The molecule has 4 rings (SSSR count). The van der Waals surface area contributed by atoms with Crippen LogP contribution in [0.4, 0.5) is 5.69 Å². The molecule has 1 atom stereocenters. The summed E-state index contributed by atoms with van der Waals surface area (Å²) in [5.74, 6) is 0.0777. The first-order valence-corrected chi connectivity index (χ1v) is 12.7. The molecule has 0 saturated carbocycles. The number of ether oxygens (including phenoxy) is 4. The van der Waals surface area contributed by atoms with Gasteiger partial charge in [-0.05, 0) is 61.1 Å². The molecule has 1 aliphatic heterocycles. The summed E-state index contributed by atoms with van der Waals surface area (Å²) in [6, 6.07) is 11.4. The molecule has 0 radical (unpaired) electrons. The Morgan fingerprint density at radius 2 is 1.71 bits per heavy atom. The lowest BCUT2D eigenvalue weighted by Crippen LogP contribution is -2.43. The largest absolute Gasteiger partial charge is 0.493 e. The number of carbonyl (C=O) groups excluding carboxylic acids is 2. The number of hydrogen-bond donors (Lipinski definition) is 1.